The van der Waals surface area contributed by atoms with Crippen molar-refractivity contribution in [3.8, 4) is 5.69 Å². The van der Waals surface area contributed by atoms with Crippen LogP contribution in [0.15, 0.2) is 40.3 Å². The second-order valence-corrected chi connectivity index (χ2v) is 50.9. The van der Waals surface area contributed by atoms with Gasteiger partial charge in [0.15, 0.2) is 0 Å². The van der Waals surface area contributed by atoms with Crippen LogP contribution in [0.5, 0.6) is 0 Å². The Bertz CT molecular complexity index is 1110. The van der Waals surface area contributed by atoms with Crippen molar-refractivity contribution in [1.82, 2.24) is 4.57 Å². The summed E-state index contributed by atoms with van der Waals surface area (Å²) in [4.78, 5) is 16.3. The van der Waals surface area contributed by atoms with Gasteiger partial charge in [-0.15, -0.1) is 0 Å². The van der Waals surface area contributed by atoms with Gasteiger partial charge in [0, 0.05) is 0 Å². The number of nitrogens with zero attached hydrogens (tertiary/aromatic N) is 2. The fourth-order valence-corrected chi connectivity index (χ4v) is 20.2. The number of fused-ring (bicyclic) bond motifs is 5. The predicted molar refractivity (Wildman–Crippen MR) is 127 cm³/mol. The third-order valence-electron chi connectivity index (χ3n) is 5.15. The zero-order valence-electron chi connectivity index (χ0n) is 14.5. The molecular formula is C18H16Br4N2OS2Te. The molecule has 3 heterocycles. The fourth-order valence-electron chi connectivity index (χ4n) is 3.94. The van der Waals surface area contributed by atoms with Crippen LogP contribution in [0.4, 0.5) is 0 Å². The Kier molecular flexibility index (Phi) is 6.83. The second kappa shape index (κ2) is 8.57. The van der Waals surface area contributed by atoms with E-state index in [4.69, 9.17) is 0 Å². The molecule has 28 heavy (non-hydrogen) atoms. The van der Waals surface area contributed by atoms with E-state index in [2.05, 4.69) is 42.8 Å². The Hall–Kier alpha value is 1.12. The molecule has 1 aliphatic carbocycles. The predicted octanol–water partition coefficient (Wildman–Crippen LogP) is 2.53. The Morgan fingerprint density at radius 3 is 2.54 bits per heavy atom. The van der Waals surface area contributed by atoms with Crippen molar-refractivity contribution in [3.05, 3.63) is 51.1 Å². The minimum Gasteiger partial charge on any atom is -1.00 e. The van der Waals surface area contributed by atoms with E-state index in [1.807, 2.05) is 46.2 Å². The van der Waals surface area contributed by atoms with Gasteiger partial charge >= 0.3 is 190 Å². The van der Waals surface area contributed by atoms with Gasteiger partial charge < -0.3 is 17.0 Å². The van der Waals surface area contributed by atoms with E-state index in [-0.39, 0.29) is 22.5 Å². The van der Waals surface area contributed by atoms with Crippen LogP contribution in [-0.4, -0.2) is 21.9 Å². The second-order valence-electron chi connectivity index (χ2n) is 6.73. The van der Waals surface area contributed by atoms with E-state index < -0.39 is 11.6 Å². The standard InChI is InChI=1S/C18H16Br3N2OS2Te.BrH/c19-27(20,21)14-10-25-18-22(11-6-2-1-3-7-11)16(24)15-12-8-4-5-9-13(12)26-17(15)23(14)18;/h1-3,6-7,14H,4-5,8-10H2;1H/q+1;/p-1. The maximum absolute atomic E-state index is 13.7. The minimum absolute atomic E-state index is 0. The molecule has 1 atom stereocenters. The van der Waals surface area contributed by atoms with Crippen molar-refractivity contribution in [3.63, 3.8) is 0 Å². The number of benzene rings is 1. The zero-order chi connectivity index (χ0) is 18.8. The Morgan fingerprint density at radius 2 is 1.82 bits per heavy atom. The van der Waals surface area contributed by atoms with Gasteiger partial charge in [-0.3, -0.25) is 0 Å². The minimum atomic E-state index is -2.55. The van der Waals surface area contributed by atoms with Crippen LogP contribution in [0.3, 0.4) is 0 Å². The molecule has 150 valence electrons. The molecule has 3 nitrogen and oxygen atoms in total. The monoisotopic (exact) mass is 786 g/mol. The number of thiophene rings is 1. The van der Waals surface area contributed by atoms with Gasteiger partial charge in [-0.25, -0.2) is 0 Å². The number of aromatic nitrogens is 2. The molecule has 0 fully saturated rings. The molecule has 0 saturated carbocycles. The Labute approximate surface area is 204 Å². The van der Waals surface area contributed by atoms with Crippen LogP contribution < -0.4 is 27.1 Å². The van der Waals surface area contributed by atoms with Crippen molar-refractivity contribution in [2.45, 2.75) is 34.9 Å². The molecule has 5 rings (SSSR count). The molecule has 3 aromatic rings. The van der Waals surface area contributed by atoms with Gasteiger partial charge in [-0.1, -0.05) is 0 Å². The van der Waals surface area contributed by atoms with Crippen LogP contribution in [0.1, 0.15) is 27.4 Å². The zero-order valence-corrected chi connectivity index (χ0v) is 24.8. The van der Waals surface area contributed by atoms with Gasteiger partial charge in [0.2, 0.25) is 0 Å². The number of thioether (sulfide) groups is 1. The van der Waals surface area contributed by atoms with Crippen LogP contribution in [-0.2, 0) is 12.8 Å². The number of aryl methyl sites for hydroxylation is 2. The summed E-state index contributed by atoms with van der Waals surface area (Å²) in [6, 6.07) is 10.1. The van der Waals surface area contributed by atoms with Gasteiger partial charge in [-0.2, -0.15) is 0 Å². The molecule has 1 aromatic carbocycles. The number of hydrogen-bond donors (Lipinski definition) is 0. The van der Waals surface area contributed by atoms with Gasteiger partial charge in [0.25, 0.3) is 0 Å². The summed E-state index contributed by atoms with van der Waals surface area (Å²) >= 11 is 12.9. The van der Waals surface area contributed by atoms with Crippen molar-refractivity contribution in [2.75, 3.05) is 5.75 Å². The van der Waals surface area contributed by atoms with E-state index in [1.54, 1.807) is 11.8 Å². The maximum Gasteiger partial charge on any atom is -1.00 e. The van der Waals surface area contributed by atoms with E-state index in [9.17, 15) is 4.79 Å². The normalized spacial score (nSPS) is 19.2. The summed E-state index contributed by atoms with van der Waals surface area (Å²) in [6.45, 7) is 0. The molecule has 0 bridgehead atoms. The number of hydrogen-bond acceptors (Lipinski definition) is 3. The summed E-state index contributed by atoms with van der Waals surface area (Å²) in [5.74, 6) is 0.969. The summed E-state index contributed by atoms with van der Waals surface area (Å²) in [5.41, 5.74) is 2.40. The first-order chi connectivity index (χ1) is 13.0. The van der Waals surface area contributed by atoms with Crippen molar-refractivity contribution < 1.29 is 21.5 Å². The topological polar surface area (TPSA) is 25.9 Å². The van der Waals surface area contributed by atoms with E-state index >= 15 is 0 Å². The maximum atomic E-state index is 13.7. The molecule has 0 saturated heterocycles. The quantitative estimate of drug-likeness (QED) is 0.227. The molecule has 0 N–H and O–H groups in total. The molecule has 1 unspecified atom stereocenters. The Morgan fingerprint density at radius 1 is 1.11 bits per heavy atom. The molecular weight excluding hydrogens is 772 g/mol. The molecule has 0 spiro atoms. The van der Waals surface area contributed by atoms with E-state index in [1.165, 1.54) is 23.3 Å². The first kappa shape index (κ1) is 22.3. The van der Waals surface area contributed by atoms with Crippen LogP contribution >= 0.6 is 61.4 Å². The van der Waals surface area contributed by atoms with Crippen molar-refractivity contribution in [1.29, 1.82) is 0 Å². The number of para-hydroxylation sites is 1. The molecule has 0 amide bonds. The Balaban J connectivity index is 0.00000192. The summed E-state index contributed by atoms with van der Waals surface area (Å²) in [5, 5.41) is 2.01. The van der Waals surface area contributed by atoms with Crippen LogP contribution in [0, 0.1) is 0 Å². The van der Waals surface area contributed by atoms with Crippen LogP contribution in [0.2, 0.25) is 0 Å². The summed E-state index contributed by atoms with van der Waals surface area (Å²) < 4.78 is 4.72. The number of rotatable bonds is 2. The van der Waals surface area contributed by atoms with E-state index in [0.29, 0.717) is 4.09 Å². The third-order valence-corrected chi connectivity index (χ3v) is 19.7. The smallest absolute Gasteiger partial charge is 1.00 e. The molecule has 10 heteroatoms. The first-order valence-electron chi connectivity index (χ1n) is 8.71. The van der Waals surface area contributed by atoms with Crippen LogP contribution in [0.25, 0.3) is 15.9 Å². The third kappa shape index (κ3) is 3.66. The average Bonchev–Trinajstić information content (AvgIpc) is 3.24. The largest absolute Gasteiger partial charge is 1.00 e. The molecule has 1 aliphatic heterocycles. The molecule has 0 radical (unpaired) electrons. The van der Waals surface area contributed by atoms with Crippen molar-refractivity contribution >= 4 is 83.1 Å². The van der Waals surface area contributed by atoms with Gasteiger partial charge in [-0.05, 0) is 0 Å². The van der Waals surface area contributed by atoms with Gasteiger partial charge in [0.05, 0.1) is 0 Å². The summed E-state index contributed by atoms with van der Waals surface area (Å²) in [7, 11) is 0. The van der Waals surface area contributed by atoms with E-state index in [0.717, 1.165) is 39.7 Å². The fraction of sp³-hybridized carbons (Fsp3) is 0.333. The number of halogens is 4. The SMILES string of the molecule is O=c1c2c3c(sc2[n+]2c(n1-c1ccccc1)SCC2[Te](Br)(Br)Br)CCCC3.[Br-]. The van der Waals surface area contributed by atoms with Gasteiger partial charge in [0.1, 0.15) is 0 Å². The average molecular weight is 788 g/mol. The molecule has 2 aliphatic rings. The summed E-state index contributed by atoms with van der Waals surface area (Å²) in [6.07, 6.45) is 4.55. The molecule has 2 aromatic heterocycles. The van der Waals surface area contributed by atoms with Crippen molar-refractivity contribution in [2.24, 2.45) is 0 Å². The first-order valence-corrected chi connectivity index (χ1v) is 27.5.